The monoisotopic (exact) mass is 295 g/mol. The zero-order valence-electron chi connectivity index (χ0n) is 13.8. The molecule has 20 heavy (non-hydrogen) atoms. The van der Waals surface area contributed by atoms with E-state index < -0.39 is 0 Å². The zero-order valence-corrected chi connectivity index (χ0v) is 14.6. The number of hydrogen-bond donors (Lipinski definition) is 1. The molecule has 1 rings (SSSR count). The molecule has 0 radical (unpaired) electrons. The molecule has 1 aromatic rings. The lowest BCUT2D eigenvalue weighted by atomic mass is 10.1. The largest absolute Gasteiger partial charge is 0.357 e. The number of pyridine rings is 1. The van der Waals surface area contributed by atoms with E-state index in [2.05, 4.69) is 57.3 Å². The minimum Gasteiger partial charge on any atom is -0.357 e. The van der Waals surface area contributed by atoms with Crippen molar-refractivity contribution in [2.45, 2.75) is 46.7 Å². The molecule has 0 amide bonds. The van der Waals surface area contributed by atoms with Gasteiger partial charge in [-0.1, -0.05) is 6.92 Å². The highest BCUT2D eigenvalue weighted by Crippen LogP contribution is 2.24. The molecule has 0 aromatic carbocycles. The van der Waals surface area contributed by atoms with Crippen LogP contribution in [0.1, 0.15) is 37.1 Å². The van der Waals surface area contributed by atoms with Gasteiger partial charge in [0.25, 0.3) is 0 Å². The van der Waals surface area contributed by atoms with E-state index in [0.29, 0.717) is 6.04 Å². The first-order valence-electron chi connectivity index (χ1n) is 7.40. The van der Waals surface area contributed by atoms with Gasteiger partial charge in [0.05, 0.1) is 0 Å². The molecule has 4 heteroatoms. The van der Waals surface area contributed by atoms with Gasteiger partial charge in [0.2, 0.25) is 0 Å². The van der Waals surface area contributed by atoms with Crippen molar-refractivity contribution in [1.29, 1.82) is 0 Å². The Morgan fingerprint density at radius 3 is 2.70 bits per heavy atom. The quantitative estimate of drug-likeness (QED) is 0.796. The highest BCUT2D eigenvalue weighted by atomic mass is 32.2. The van der Waals surface area contributed by atoms with E-state index in [9.17, 15) is 0 Å². The Morgan fingerprint density at radius 1 is 1.40 bits per heavy atom. The van der Waals surface area contributed by atoms with Crippen LogP contribution in [0.5, 0.6) is 0 Å². The minimum atomic E-state index is 0.511. The van der Waals surface area contributed by atoms with Crippen LogP contribution < -0.4 is 10.2 Å². The summed E-state index contributed by atoms with van der Waals surface area (Å²) in [6, 6.07) is 2.69. The summed E-state index contributed by atoms with van der Waals surface area (Å²) in [6.45, 7) is 10.6. The summed E-state index contributed by atoms with van der Waals surface area (Å²) in [5, 5.41) is 3.43. The molecule has 3 nitrogen and oxygen atoms in total. The Bertz CT molecular complexity index is 420. The van der Waals surface area contributed by atoms with E-state index in [0.717, 1.165) is 24.6 Å². The lowest BCUT2D eigenvalue weighted by Crippen LogP contribution is -2.32. The predicted octanol–water partition coefficient (Wildman–Crippen LogP) is 3.39. The highest BCUT2D eigenvalue weighted by Gasteiger charge is 2.16. The smallest absolute Gasteiger partial charge is 0.133 e. The van der Waals surface area contributed by atoms with Gasteiger partial charge in [-0.3, -0.25) is 0 Å². The Hall–Kier alpha value is -0.740. The molecule has 1 unspecified atom stereocenters. The summed E-state index contributed by atoms with van der Waals surface area (Å²) in [7, 11) is 2.17. The molecule has 1 N–H and O–H groups in total. The second-order valence-electron chi connectivity index (χ2n) is 5.40. The van der Waals surface area contributed by atoms with Crippen LogP contribution in [-0.4, -0.2) is 36.6 Å². The fraction of sp³-hybridized carbons (Fsp3) is 0.688. The molecule has 0 bridgehead atoms. The van der Waals surface area contributed by atoms with Crippen LogP contribution >= 0.6 is 11.8 Å². The fourth-order valence-corrected chi connectivity index (χ4v) is 2.87. The third kappa shape index (κ3) is 4.67. The third-order valence-electron chi connectivity index (χ3n) is 3.74. The third-order valence-corrected chi connectivity index (χ3v) is 4.38. The van der Waals surface area contributed by atoms with Crippen molar-refractivity contribution >= 4 is 17.6 Å². The van der Waals surface area contributed by atoms with E-state index in [-0.39, 0.29) is 0 Å². The SMILES string of the molecule is CCNCc1c(C)cc(C)nc1N(C)C(C)CCSC. The number of anilines is 1. The maximum absolute atomic E-state index is 4.80. The van der Waals surface area contributed by atoms with Crippen LogP contribution in [0.4, 0.5) is 5.82 Å². The van der Waals surface area contributed by atoms with Gasteiger partial charge in [0.15, 0.2) is 0 Å². The summed E-state index contributed by atoms with van der Waals surface area (Å²) < 4.78 is 0. The van der Waals surface area contributed by atoms with Gasteiger partial charge >= 0.3 is 0 Å². The fourth-order valence-electron chi connectivity index (χ4n) is 2.29. The number of rotatable bonds is 8. The second-order valence-corrected chi connectivity index (χ2v) is 6.39. The highest BCUT2D eigenvalue weighted by molar-refractivity contribution is 7.98. The number of hydrogen-bond acceptors (Lipinski definition) is 4. The van der Waals surface area contributed by atoms with Crippen LogP contribution in [0.15, 0.2) is 6.07 Å². The van der Waals surface area contributed by atoms with Gasteiger partial charge < -0.3 is 10.2 Å². The van der Waals surface area contributed by atoms with Crippen molar-refractivity contribution in [3.63, 3.8) is 0 Å². The van der Waals surface area contributed by atoms with Crippen LogP contribution in [0, 0.1) is 13.8 Å². The summed E-state index contributed by atoms with van der Waals surface area (Å²) in [5.41, 5.74) is 3.76. The molecule has 0 fully saturated rings. The predicted molar refractivity (Wildman–Crippen MR) is 92.0 cm³/mol. The number of thioether (sulfide) groups is 1. The van der Waals surface area contributed by atoms with Gasteiger partial charge in [-0.2, -0.15) is 11.8 Å². The Labute approximate surface area is 128 Å². The molecule has 0 aliphatic heterocycles. The van der Waals surface area contributed by atoms with E-state index in [1.54, 1.807) is 0 Å². The van der Waals surface area contributed by atoms with Crippen molar-refractivity contribution in [1.82, 2.24) is 10.3 Å². The van der Waals surface area contributed by atoms with E-state index >= 15 is 0 Å². The molecule has 1 heterocycles. The van der Waals surface area contributed by atoms with Gasteiger partial charge in [0, 0.05) is 30.9 Å². The molecule has 1 aromatic heterocycles. The summed E-state index contributed by atoms with van der Waals surface area (Å²) in [6.07, 6.45) is 3.35. The standard InChI is InChI=1S/C16H29N3S/c1-7-17-11-15-12(2)10-13(3)18-16(15)19(5)14(4)8-9-20-6/h10,14,17H,7-9,11H2,1-6H3. The second kappa shape index (κ2) is 8.53. The first kappa shape index (κ1) is 17.3. The Morgan fingerprint density at radius 2 is 2.10 bits per heavy atom. The average Bonchev–Trinajstić information content (AvgIpc) is 2.42. The molecule has 0 spiro atoms. The number of aryl methyl sites for hydroxylation is 2. The van der Waals surface area contributed by atoms with Gasteiger partial charge in [-0.25, -0.2) is 4.98 Å². The molecule has 0 aliphatic rings. The van der Waals surface area contributed by atoms with Crippen molar-refractivity contribution in [3.05, 3.63) is 22.9 Å². The first-order valence-corrected chi connectivity index (χ1v) is 8.80. The molecular weight excluding hydrogens is 266 g/mol. The van der Waals surface area contributed by atoms with E-state index in [4.69, 9.17) is 4.98 Å². The molecule has 0 saturated carbocycles. The van der Waals surface area contributed by atoms with Gasteiger partial charge in [0.1, 0.15) is 5.82 Å². The molecule has 1 atom stereocenters. The van der Waals surface area contributed by atoms with Crippen LogP contribution in [0.2, 0.25) is 0 Å². The molecule has 0 saturated heterocycles. The number of aromatic nitrogens is 1. The molecule has 0 aliphatic carbocycles. The van der Waals surface area contributed by atoms with E-state index in [1.165, 1.54) is 23.3 Å². The maximum Gasteiger partial charge on any atom is 0.133 e. The number of nitrogens with zero attached hydrogens (tertiary/aromatic N) is 2. The summed E-state index contributed by atoms with van der Waals surface area (Å²) >= 11 is 1.91. The number of nitrogens with one attached hydrogen (secondary N) is 1. The lowest BCUT2D eigenvalue weighted by Gasteiger charge is -2.29. The first-order chi connectivity index (χ1) is 9.51. The summed E-state index contributed by atoms with van der Waals surface area (Å²) in [5.74, 6) is 2.33. The van der Waals surface area contributed by atoms with Crippen LogP contribution in [0.3, 0.4) is 0 Å². The van der Waals surface area contributed by atoms with E-state index in [1.807, 2.05) is 11.8 Å². The molecular formula is C16H29N3S. The van der Waals surface area contributed by atoms with Crippen molar-refractivity contribution in [2.75, 3.05) is 30.5 Å². The Kier molecular flexibility index (Phi) is 7.38. The van der Waals surface area contributed by atoms with Crippen molar-refractivity contribution in [2.24, 2.45) is 0 Å². The van der Waals surface area contributed by atoms with Crippen molar-refractivity contribution in [3.8, 4) is 0 Å². The van der Waals surface area contributed by atoms with Crippen LogP contribution in [0.25, 0.3) is 0 Å². The van der Waals surface area contributed by atoms with Crippen molar-refractivity contribution < 1.29 is 0 Å². The minimum absolute atomic E-state index is 0.511. The maximum atomic E-state index is 4.80. The summed E-state index contributed by atoms with van der Waals surface area (Å²) in [4.78, 5) is 7.13. The normalized spacial score (nSPS) is 12.5. The zero-order chi connectivity index (χ0) is 15.1. The van der Waals surface area contributed by atoms with Crippen LogP contribution in [-0.2, 0) is 6.54 Å². The lowest BCUT2D eigenvalue weighted by molar-refractivity contribution is 0.649. The Balaban J connectivity index is 3.00. The average molecular weight is 295 g/mol. The van der Waals surface area contributed by atoms with Gasteiger partial charge in [-0.05, 0) is 57.4 Å². The molecule has 114 valence electrons. The van der Waals surface area contributed by atoms with Gasteiger partial charge in [-0.15, -0.1) is 0 Å². The topological polar surface area (TPSA) is 28.2 Å².